The predicted molar refractivity (Wildman–Crippen MR) is 136 cm³/mol. The van der Waals surface area contributed by atoms with Crippen molar-refractivity contribution in [1.29, 1.82) is 0 Å². The molecule has 3 aromatic heterocycles. The van der Waals surface area contributed by atoms with E-state index in [-0.39, 0.29) is 11.9 Å². The van der Waals surface area contributed by atoms with E-state index in [0.717, 1.165) is 52.7 Å². The van der Waals surface area contributed by atoms with Gasteiger partial charge in [0.25, 0.3) is 0 Å². The number of carbonyl (C=O) groups excluding carboxylic acids is 1. The van der Waals surface area contributed by atoms with Crippen molar-refractivity contribution in [2.24, 2.45) is 0 Å². The van der Waals surface area contributed by atoms with Gasteiger partial charge in [-0.3, -0.25) is 19.8 Å². The van der Waals surface area contributed by atoms with Crippen LogP contribution in [0.5, 0.6) is 0 Å². The number of carbonyl (C=O) groups is 1. The molecule has 1 amide bonds. The molecule has 35 heavy (non-hydrogen) atoms. The Morgan fingerprint density at radius 3 is 2.91 bits per heavy atom. The average Bonchev–Trinajstić information content (AvgIpc) is 3.52. The van der Waals surface area contributed by atoms with Gasteiger partial charge in [0, 0.05) is 28.5 Å². The van der Waals surface area contributed by atoms with Crippen LogP contribution < -0.4 is 10.6 Å². The highest BCUT2D eigenvalue weighted by Crippen LogP contribution is 2.28. The molecule has 174 valence electrons. The summed E-state index contributed by atoms with van der Waals surface area (Å²) in [5, 5.41) is 14.5. The monoisotopic (exact) mass is 464 g/mol. The van der Waals surface area contributed by atoms with Gasteiger partial charge in [-0.05, 0) is 68.9 Å². The number of nitrogens with one attached hydrogen (secondary N) is 3. The summed E-state index contributed by atoms with van der Waals surface area (Å²) in [6, 6.07) is 17.3. The highest BCUT2D eigenvalue weighted by Gasteiger charge is 2.27. The summed E-state index contributed by atoms with van der Waals surface area (Å²) in [5.41, 5.74) is 4.77. The van der Waals surface area contributed by atoms with Crippen molar-refractivity contribution in [3.05, 3.63) is 67.0 Å². The number of H-pyrrole nitrogens is 1. The summed E-state index contributed by atoms with van der Waals surface area (Å²) in [5.74, 6) is 1.17. The third kappa shape index (κ3) is 4.17. The van der Waals surface area contributed by atoms with Crippen LogP contribution in [0.3, 0.4) is 0 Å². The summed E-state index contributed by atoms with van der Waals surface area (Å²) in [6.07, 6.45) is 5.43. The second kappa shape index (κ2) is 8.77. The summed E-state index contributed by atoms with van der Waals surface area (Å²) in [6.45, 7) is 0.945. The topological polar surface area (TPSA) is 112 Å². The van der Waals surface area contributed by atoms with E-state index in [4.69, 9.17) is 9.97 Å². The molecule has 1 saturated heterocycles. The average molecular weight is 465 g/mol. The Hall–Kier alpha value is -4.37. The van der Waals surface area contributed by atoms with Crippen LogP contribution >= 0.6 is 0 Å². The number of benzene rings is 2. The Morgan fingerprint density at radius 1 is 1.09 bits per heavy atom. The number of hydrogen-bond donors (Lipinski definition) is 3. The Bertz CT molecular complexity index is 1550. The number of aromatic nitrogens is 5. The largest absolute Gasteiger partial charge is 0.338 e. The van der Waals surface area contributed by atoms with Crippen LogP contribution in [0.15, 0.2) is 67.0 Å². The van der Waals surface area contributed by atoms with Gasteiger partial charge in [0.05, 0.1) is 23.3 Å². The zero-order chi connectivity index (χ0) is 23.8. The molecule has 3 N–H and O–H groups in total. The normalized spacial score (nSPS) is 16.1. The van der Waals surface area contributed by atoms with Crippen molar-refractivity contribution >= 4 is 45.0 Å². The highest BCUT2D eigenvalue weighted by molar-refractivity contribution is 5.96. The molecule has 0 bridgehead atoms. The van der Waals surface area contributed by atoms with Gasteiger partial charge >= 0.3 is 0 Å². The molecule has 0 aliphatic carbocycles. The lowest BCUT2D eigenvalue weighted by Crippen LogP contribution is -2.37. The first-order valence-electron chi connectivity index (χ1n) is 11.6. The van der Waals surface area contributed by atoms with Crippen molar-refractivity contribution in [2.45, 2.75) is 18.9 Å². The third-order valence-corrected chi connectivity index (χ3v) is 6.37. The van der Waals surface area contributed by atoms with Gasteiger partial charge in [-0.15, -0.1) is 0 Å². The lowest BCUT2D eigenvalue weighted by molar-refractivity contribution is -0.119. The number of amides is 1. The van der Waals surface area contributed by atoms with E-state index in [9.17, 15) is 4.79 Å². The summed E-state index contributed by atoms with van der Waals surface area (Å²) in [7, 11) is 1.99. The molecule has 9 nitrogen and oxygen atoms in total. The van der Waals surface area contributed by atoms with Gasteiger partial charge in [-0.1, -0.05) is 12.1 Å². The lowest BCUT2D eigenvalue weighted by Gasteiger charge is -2.18. The van der Waals surface area contributed by atoms with Crippen LogP contribution in [0.25, 0.3) is 33.3 Å². The molecule has 5 aromatic rings. The molecular formula is C26H24N8O. The summed E-state index contributed by atoms with van der Waals surface area (Å²) >= 11 is 0. The minimum atomic E-state index is -0.0926. The maximum Gasteiger partial charge on any atom is 0.241 e. The number of nitrogens with zero attached hydrogens (tertiary/aromatic N) is 5. The second-order valence-corrected chi connectivity index (χ2v) is 8.77. The summed E-state index contributed by atoms with van der Waals surface area (Å²) < 4.78 is 0. The molecule has 9 heteroatoms. The first-order chi connectivity index (χ1) is 17.1. The SMILES string of the molecule is CN1CCCC1C(=O)Nc1cccc(-c2nc(Nc3ccc4[nH]ncc4c3)c3ncccc3n2)c1. The number of likely N-dealkylation sites (tertiary alicyclic amines) is 1. The Balaban J connectivity index is 1.34. The van der Waals surface area contributed by atoms with E-state index in [2.05, 4.69) is 30.7 Å². The zero-order valence-corrected chi connectivity index (χ0v) is 19.2. The van der Waals surface area contributed by atoms with Crippen LogP contribution in [-0.4, -0.2) is 55.6 Å². The van der Waals surface area contributed by atoms with Crippen molar-refractivity contribution in [2.75, 3.05) is 24.2 Å². The smallest absolute Gasteiger partial charge is 0.241 e. The van der Waals surface area contributed by atoms with Crippen LogP contribution in [0.2, 0.25) is 0 Å². The second-order valence-electron chi connectivity index (χ2n) is 8.77. The Morgan fingerprint density at radius 2 is 2.03 bits per heavy atom. The fraction of sp³-hybridized carbons (Fsp3) is 0.192. The van der Waals surface area contributed by atoms with Gasteiger partial charge in [-0.25, -0.2) is 9.97 Å². The van der Waals surface area contributed by atoms with Gasteiger partial charge in [0.15, 0.2) is 11.6 Å². The number of aromatic amines is 1. The molecule has 4 heterocycles. The molecule has 1 fully saturated rings. The maximum atomic E-state index is 12.8. The van der Waals surface area contributed by atoms with E-state index in [1.807, 2.05) is 61.6 Å². The van der Waals surface area contributed by atoms with Crippen molar-refractivity contribution < 1.29 is 4.79 Å². The minimum Gasteiger partial charge on any atom is -0.338 e. The number of rotatable bonds is 5. The lowest BCUT2D eigenvalue weighted by atomic mass is 10.1. The number of anilines is 3. The van der Waals surface area contributed by atoms with Gasteiger partial charge < -0.3 is 10.6 Å². The molecule has 1 aliphatic rings. The highest BCUT2D eigenvalue weighted by atomic mass is 16.2. The number of pyridine rings is 1. The fourth-order valence-corrected chi connectivity index (χ4v) is 4.54. The first-order valence-corrected chi connectivity index (χ1v) is 11.6. The van der Waals surface area contributed by atoms with E-state index in [0.29, 0.717) is 17.2 Å². The zero-order valence-electron chi connectivity index (χ0n) is 19.2. The van der Waals surface area contributed by atoms with Crippen LogP contribution in [0.1, 0.15) is 12.8 Å². The third-order valence-electron chi connectivity index (χ3n) is 6.37. The molecule has 0 radical (unpaired) electrons. The number of likely N-dealkylation sites (N-methyl/N-ethyl adjacent to an activating group) is 1. The molecule has 1 aliphatic heterocycles. The number of hydrogen-bond acceptors (Lipinski definition) is 7. The molecule has 0 spiro atoms. The Labute approximate surface area is 201 Å². The van der Waals surface area contributed by atoms with Gasteiger partial charge in [0.1, 0.15) is 5.52 Å². The van der Waals surface area contributed by atoms with Crippen molar-refractivity contribution in [3.63, 3.8) is 0 Å². The molecule has 6 rings (SSSR count). The predicted octanol–water partition coefficient (Wildman–Crippen LogP) is 4.34. The molecule has 2 aromatic carbocycles. The maximum absolute atomic E-state index is 12.8. The van der Waals surface area contributed by atoms with E-state index < -0.39 is 0 Å². The van der Waals surface area contributed by atoms with Crippen LogP contribution in [-0.2, 0) is 4.79 Å². The fourth-order valence-electron chi connectivity index (χ4n) is 4.54. The molecule has 1 atom stereocenters. The number of fused-ring (bicyclic) bond motifs is 2. The van der Waals surface area contributed by atoms with Crippen molar-refractivity contribution in [3.8, 4) is 11.4 Å². The standard InChI is InChI=1S/C26H24N8O/c1-34-12-4-8-22(34)26(35)30-18-6-2-5-16(13-18)24-31-21-7-3-11-27-23(21)25(32-24)29-19-9-10-20-17(14-19)15-28-33-20/h2-3,5-7,9-11,13-15,22H,4,8,12H2,1H3,(H,28,33)(H,30,35)(H,29,31,32). The van der Waals surface area contributed by atoms with E-state index in [1.54, 1.807) is 12.4 Å². The van der Waals surface area contributed by atoms with Crippen LogP contribution in [0.4, 0.5) is 17.2 Å². The van der Waals surface area contributed by atoms with E-state index >= 15 is 0 Å². The minimum absolute atomic E-state index is 0.0165. The first kappa shape index (κ1) is 21.2. The quantitative estimate of drug-likeness (QED) is 0.355. The van der Waals surface area contributed by atoms with Crippen molar-refractivity contribution in [1.82, 2.24) is 30.0 Å². The van der Waals surface area contributed by atoms with E-state index in [1.165, 1.54) is 0 Å². The molecule has 0 saturated carbocycles. The van der Waals surface area contributed by atoms with Gasteiger partial charge in [0.2, 0.25) is 5.91 Å². The molecule has 1 unspecified atom stereocenters. The summed E-state index contributed by atoms with van der Waals surface area (Å²) in [4.78, 5) is 28.9. The van der Waals surface area contributed by atoms with Gasteiger partial charge in [-0.2, -0.15) is 5.10 Å². The van der Waals surface area contributed by atoms with Crippen LogP contribution in [0, 0.1) is 0 Å². The molecular weight excluding hydrogens is 440 g/mol. The Kier molecular flexibility index (Phi) is 5.31.